The molecule has 0 unspecified atom stereocenters. The molecule has 180 valence electrons. The average molecular weight is 472 g/mol. The first kappa shape index (κ1) is 23.9. The molecule has 35 heavy (non-hydrogen) atoms. The van der Waals surface area contributed by atoms with Crippen LogP contribution < -0.4 is 5.32 Å². The van der Waals surface area contributed by atoms with E-state index in [9.17, 15) is 9.59 Å². The van der Waals surface area contributed by atoms with Gasteiger partial charge in [-0.05, 0) is 38.1 Å². The summed E-state index contributed by atoms with van der Waals surface area (Å²) in [6.07, 6.45) is 0. The molecular weight excluding hydrogens is 442 g/mol. The fraction of sp³-hybridized carbons (Fsp3) is 0.259. The Morgan fingerprint density at radius 1 is 0.886 bits per heavy atom. The molecule has 4 aromatic rings. The molecule has 2 heterocycles. The molecule has 2 aromatic carbocycles. The summed E-state index contributed by atoms with van der Waals surface area (Å²) >= 11 is 0. The van der Waals surface area contributed by atoms with Crippen molar-refractivity contribution in [1.82, 2.24) is 19.6 Å². The van der Waals surface area contributed by atoms with E-state index in [1.165, 1.54) is 0 Å². The van der Waals surface area contributed by atoms with Crippen molar-refractivity contribution in [3.8, 4) is 11.4 Å². The van der Waals surface area contributed by atoms with Gasteiger partial charge in [0.15, 0.2) is 6.61 Å². The van der Waals surface area contributed by atoms with E-state index in [2.05, 4.69) is 36.3 Å². The van der Waals surface area contributed by atoms with Crippen LogP contribution in [-0.4, -0.2) is 38.0 Å². The molecule has 0 atom stereocenters. The Morgan fingerprint density at radius 2 is 1.46 bits per heavy atom. The molecule has 8 nitrogen and oxygen atoms in total. The minimum absolute atomic E-state index is 0.208. The highest BCUT2D eigenvalue weighted by molar-refractivity contribution is 5.96. The summed E-state index contributed by atoms with van der Waals surface area (Å²) in [4.78, 5) is 25.6. The lowest BCUT2D eigenvalue weighted by molar-refractivity contribution is -0.119. The number of carbonyl (C=O) groups is 2. The van der Waals surface area contributed by atoms with Gasteiger partial charge in [-0.15, -0.1) is 0 Å². The summed E-state index contributed by atoms with van der Waals surface area (Å²) in [6, 6.07) is 20.9. The predicted molar refractivity (Wildman–Crippen MR) is 134 cm³/mol. The summed E-state index contributed by atoms with van der Waals surface area (Å²) < 4.78 is 8.73. The lowest BCUT2D eigenvalue weighted by atomic mass is 9.92. The molecule has 0 fully saturated rings. The first-order valence-corrected chi connectivity index (χ1v) is 11.4. The second-order valence-electron chi connectivity index (χ2n) is 9.33. The number of ether oxygens (including phenoxy) is 1. The second kappa shape index (κ2) is 9.58. The van der Waals surface area contributed by atoms with Crippen molar-refractivity contribution in [3.05, 3.63) is 89.4 Å². The van der Waals surface area contributed by atoms with Crippen LogP contribution >= 0.6 is 0 Å². The van der Waals surface area contributed by atoms with Gasteiger partial charge in [-0.1, -0.05) is 57.2 Å². The largest absolute Gasteiger partial charge is 0.452 e. The van der Waals surface area contributed by atoms with Crippen LogP contribution in [0.2, 0.25) is 0 Å². The standard InChI is InChI=1S/C27H29N5O3/c1-18-25(19(2)31(29-18)20-12-8-6-9-13-20)26(34)35-17-24(33)28-23-16-22(27(3,4)5)30-32(23)21-14-10-7-11-15-21/h6-16H,17H2,1-5H3,(H,28,33). The van der Waals surface area contributed by atoms with Crippen LogP contribution in [0.15, 0.2) is 66.7 Å². The van der Waals surface area contributed by atoms with Gasteiger partial charge in [-0.2, -0.15) is 10.2 Å². The molecule has 0 aliphatic carbocycles. The van der Waals surface area contributed by atoms with Gasteiger partial charge in [0.05, 0.1) is 28.5 Å². The van der Waals surface area contributed by atoms with Crippen molar-refractivity contribution in [2.24, 2.45) is 0 Å². The molecule has 0 spiro atoms. The lowest BCUT2D eigenvalue weighted by Gasteiger charge is -2.14. The van der Waals surface area contributed by atoms with Gasteiger partial charge in [0.2, 0.25) is 0 Å². The highest BCUT2D eigenvalue weighted by atomic mass is 16.5. The van der Waals surface area contributed by atoms with E-state index in [-0.39, 0.29) is 5.41 Å². The maximum atomic E-state index is 12.8. The van der Waals surface area contributed by atoms with Crippen LogP contribution in [0.4, 0.5) is 5.82 Å². The molecule has 4 rings (SSSR count). The molecule has 0 aliphatic rings. The smallest absolute Gasteiger partial charge is 0.342 e. The zero-order valence-electron chi connectivity index (χ0n) is 20.6. The van der Waals surface area contributed by atoms with E-state index >= 15 is 0 Å². The number of rotatable bonds is 6. The summed E-state index contributed by atoms with van der Waals surface area (Å²) in [6.45, 7) is 9.28. The van der Waals surface area contributed by atoms with Gasteiger partial charge in [0, 0.05) is 11.5 Å². The van der Waals surface area contributed by atoms with Gasteiger partial charge in [-0.25, -0.2) is 14.2 Å². The molecule has 0 aliphatic heterocycles. The quantitative estimate of drug-likeness (QED) is 0.409. The minimum Gasteiger partial charge on any atom is -0.452 e. The van der Waals surface area contributed by atoms with E-state index in [1.54, 1.807) is 23.2 Å². The fourth-order valence-corrected chi connectivity index (χ4v) is 3.74. The van der Waals surface area contributed by atoms with E-state index in [4.69, 9.17) is 4.74 Å². The van der Waals surface area contributed by atoms with E-state index in [1.807, 2.05) is 66.7 Å². The average Bonchev–Trinajstić information content (AvgIpc) is 3.39. The van der Waals surface area contributed by atoms with E-state index in [0.717, 1.165) is 17.1 Å². The molecule has 0 bridgehead atoms. The van der Waals surface area contributed by atoms with Crippen LogP contribution in [0, 0.1) is 13.8 Å². The fourth-order valence-electron chi connectivity index (χ4n) is 3.74. The molecule has 1 amide bonds. The molecule has 2 aromatic heterocycles. The Hall–Kier alpha value is -4.20. The number of nitrogens with zero attached hydrogens (tertiary/aromatic N) is 4. The Morgan fingerprint density at radius 3 is 2.03 bits per heavy atom. The topological polar surface area (TPSA) is 91.0 Å². The Bertz CT molecular complexity index is 1350. The van der Waals surface area contributed by atoms with Crippen LogP contribution in [-0.2, 0) is 14.9 Å². The number of para-hydroxylation sites is 2. The van der Waals surface area contributed by atoms with E-state index < -0.39 is 18.5 Å². The summed E-state index contributed by atoms with van der Waals surface area (Å²) in [5.41, 5.74) is 3.81. The summed E-state index contributed by atoms with van der Waals surface area (Å²) in [7, 11) is 0. The first-order valence-electron chi connectivity index (χ1n) is 11.4. The number of amides is 1. The number of benzene rings is 2. The normalized spacial score (nSPS) is 11.3. The number of aromatic nitrogens is 4. The number of anilines is 1. The number of aryl methyl sites for hydroxylation is 1. The Labute approximate surface area is 204 Å². The van der Waals surface area contributed by atoms with Crippen molar-refractivity contribution in [2.45, 2.75) is 40.0 Å². The van der Waals surface area contributed by atoms with Crippen molar-refractivity contribution in [1.29, 1.82) is 0 Å². The zero-order valence-corrected chi connectivity index (χ0v) is 20.6. The number of carbonyl (C=O) groups excluding carboxylic acids is 2. The van der Waals surface area contributed by atoms with Gasteiger partial charge in [-0.3, -0.25) is 4.79 Å². The third-order valence-electron chi connectivity index (χ3n) is 5.58. The maximum Gasteiger partial charge on any atom is 0.342 e. The van der Waals surface area contributed by atoms with Crippen molar-refractivity contribution >= 4 is 17.7 Å². The zero-order chi connectivity index (χ0) is 25.2. The number of nitrogens with one attached hydrogen (secondary N) is 1. The minimum atomic E-state index is -0.593. The van der Waals surface area contributed by atoms with Gasteiger partial charge >= 0.3 is 5.97 Å². The Kier molecular flexibility index (Phi) is 6.55. The van der Waals surface area contributed by atoms with Crippen LogP contribution in [0.1, 0.15) is 48.2 Å². The molecule has 0 saturated carbocycles. The second-order valence-corrected chi connectivity index (χ2v) is 9.33. The highest BCUT2D eigenvalue weighted by Crippen LogP contribution is 2.26. The van der Waals surface area contributed by atoms with Crippen LogP contribution in [0.3, 0.4) is 0 Å². The Balaban J connectivity index is 1.49. The van der Waals surface area contributed by atoms with Gasteiger partial charge in [0.25, 0.3) is 5.91 Å². The monoisotopic (exact) mass is 471 g/mol. The van der Waals surface area contributed by atoms with Crippen LogP contribution in [0.5, 0.6) is 0 Å². The van der Waals surface area contributed by atoms with Gasteiger partial charge in [0.1, 0.15) is 11.4 Å². The first-order chi connectivity index (χ1) is 16.6. The van der Waals surface area contributed by atoms with E-state index in [0.29, 0.717) is 22.8 Å². The van der Waals surface area contributed by atoms with Crippen molar-refractivity contribution in [2.75, 3.05) is 11.9 Å². The molecule has 0 saturated heterocycles. The summed E-state index contributed by atoms with van der Waals surface area (Å²) in [5, 5.41) is 12.0. The molecule has 8 heteroatoms. The number of hydrogen-bond acceptors (Lipinski definition) is 5. The molecule has 1 N–H and O–H groups in total. The maximum absolute atomic E-state index is 12.8. The predicted octanol–water partition coefficient (Wildman–Crippen LogP) is 4.77. The number of esters is 1. The molecule has 0 radical (unpaired) electrons. The molecular formula is C27H29N5O3. The van der Waals surface area contributed by atoms with Gasteiger partial charge < -0.3 is 10.1 Å². The third-order valence-corrected chi connectivity index (χ3v) is 5.58. The number of hydrogen-bond donors (Lipinski definition) is 1. The SMILES string of the molecule is Cc1nn(-c2ccccc2)c(C)c1C(=O)OCC(=O)Nc1cc(C(C)(C)C)nn1-c1ccccc1. The lowest BCUT2D eigenvalue weighted by Crippen LogP contribution is -2.22. The van der Waals surface area contributed by atoms with Crippen molar-refractivity contribution in [3.63, 3.8) is 0 Å². The third kappa shape index (κ3) is 5.16. The van der Waals surface area contributed by atoms with Crippen molar-refractivity contribution < 1.29 is 14.3 Å². The van der Waals surface area contributed by atoms with Crippen LogP contribution in [0.25, 0.3) is 11.4 Å². The summed E-state index contributed by atoms with van der Waals surface area (Å²) in [5.74, 6) is -0.544. The highest BCUT2D eigenvalue weighted by Gasteiger charge is 2.24.